The third-order valence-electron chi connectivity index (χ3n) is 7.30. The van der Waals surface area contributed by atoms with Gasteiger partial charge in [0.1, 0.15) is 0 Å². The number of amides is 1. The predicted octanol–water partition coefficient (Wildman–Crippen LogP) is 4.84. The van der Waals surface area contributed by atoms with Crippen molar-refractivity contribution in [1.82, 2.24) is 10.4 Å². The minimum Gasteiger partial charge on any atom is -0.348 e. The Morgan fingerprint density at radius 2 is 1.82 bits per heavy atom. The molecular weight excluding hydrogens is 392 g/mol. The number of aromatic nitrogens is 1. The van der Waals surface area contributed by atoms with Crippen LogP contribution < -0.4 is 10.3 Å². The molecule has 28 heavy (non-hydrogen) atoms. The van der Waals surface area contributed by atoms with Crippen molar-refractivity contribution in [1.29, 1.82) is 0 Å². The van der Waals surface area contributed by atoms with E-state index in [1.807, 2.05) is 0 Å². The Morgan fingerprint density at radius 3 is 2.46 bits per heavy atom. The first-order chi connectivity index (χ1) is 13.6. The molecule has 0 atom stereocenters. The maximum absolute atomic E-state index is 12.6. The summed E-state index contributed by atoms with van der Waals surface area (Å²) in [5, 5.41) is 5.64. The van der Waals surface area contributed by atoms with Crippen LogP contribution in [-0.2, 0) is 4.79 Å². The summed E-state index contributed by atoms with van der Waals surface area (Å²) in [7, 11) is 0. The van der Waals surface area contributed by atoms with Gasteiger partial charge in [-0.15, -0.1) is 0 Å². The van der Waals surface area contributed by atoms with Gasteiger partial charge in [0.05, 0.1) is 11.1 Å². The number of hydrazone groups is 1. The normalized spacial score (nSPS) is 34.3. The summed E-state index contributed by atoms with van der Waals surface area (Å²) in [5.74, 6) is 2.65. The summed E-state index contributed by atoms with van der Waals surface area (Å²) in [6, 6.07) is 0. The standard InChI is InChI=1S/C21H29ClN4OS/c22-19-17(28-20(24-19)26-4-2-1-3-5-26)13-23-25-18(27)12-21-9-14-6-15(10-21)8-16(7-14)11-21/h13-16H,1-12H2,(H,25,27)/b23-13-. The van der Waals surface area contributed by atoms with E-state index in [-0.39, 0.29) is 11.3 Å². The highest BCUT2D eigenvalue weighted by Crippen LogP contribution is 2.61. The summed E-state index contributed by atoms with van der Waals surface area (Å²) in [6.45, 7) is 2.09. The first-order valence-corrected chi connectivity index (χ1v) is 12.0. The van der Waals surface area contributed by atoms with Crippen molar-refractivity contribution in [2.45, 2.75) is 64.2 Å². The van der Waals surface area contributed by atoms with Crippen molar-refractivity contribution >= 4 is 40.2 Å². The van der Waals surface area contributed by atoms with E-state index in [1.54, 1.807) is 17.6 Å². The average molecular weight is 421 g/mol. The van der Waals surface area contributed by atoms with Gasteiger partial charge in [0.2, 0.25) is 5.91 Å². The fourth-order valence-electron chi connectivity index (χ4n) is 6.65. The maximum Gasteiger partial charge on any atom is 0.240 e. The van der Waals surface area contributed by atoms with Gasteiger partial charge in [-0.1, -0.05) is 22.9 Å². The summed E-state index contributed by atoms with van der Waals surface area (Å²) in [6.07, 6.45) is 13.9. The lowest BCUT2D eigenvalue weighted by atomic mass is 9.49. The highest BCUT2D eigenvalue weighted by Gasteiger charge is 2.51. The van der Waals surface area contributed by atoms with Gasteiger partial charge in [0, 0.05) is 19.5 Å². The molecule has 4 saturated carbocycles. The SMILES string of the molecule is O=C(CC12CC3CC(CC(C3)C1)C2)N/N=C\c1sc(N2CCCCC2)nc1Cl. The molecule has 1 aromatic heterocycles. The van der Waals surface area contributed by atoms with Crippen molar-refractivity contribution in [3.8, 4) is 0 Å². The fourth-order valence-corrected chi connectivity index (χ4v) is 7.83. The van der Waals surface area contributed by atoms with E-state index in [1.165, 1.54) is 57.8 Å². The highest BCUT2D eigenvalue weighted by molar-refractivity contribution is 7.17. The number of anilines is 1. The number of piperidine rings is 1. The molecule has 0 aromatic carbocycles. The van der Waals surface area contributed by atoms with Crippen LogP contribution in [0, 0.1) is 23.2 Å². The third kappa shape index (κ3) is 3.82. The quantitative estimate of drug-likeness (QED) is 0.547. The van der Waals surface area contributed by atoms with Gasteiger partial charge in [-0.05, 0) is 81.0 Å². The number of thiazole rings is 1. The second-order valence-corrected chi connectivity index (χ2v) is 11.0. The van der Waals surface area contributed by atoms with Crippen LogP contribution in [0.25, 0.3) is 0 Å². The Bertz CT molecular complexity index is 735. The van der Waals surface area contributed by atoms with Gasteiger partial charge < -0.3 is 4.90 Å². The van der Waals surface area contributed by atoms with Crippen molar-refractivity contribution in [3.63, 3.8) is 0 Å². The zero-order valence-electron chi connectivity index (χ0n) is 16.3. The fraction of sp³-hybridized carbons (Fsp3) is 0.762. The molecule has 0 unspecified atom stereocenters. The molecule has 7 heteroatoms. The molecule has 1 N–H and O–H groups in total. The number of carbonyl (C=O) groups is 1. The van der Waals surface area contributed by atoms with E-state index in [0.717, 1.165) is 40.9 Å². The van der Waals surface area contributed by atoms with Crippen LogP contribution in [0.3, 0.4) is 0 Å². The molecule has 1 aromatic rings. The molecule has 5 nitrogen and oxygen atoms in total. The second-order valence-electron chi connectivity index (χ2n) is 9.59. The van der Waals surface area contributed by atoms with Crippen molar-refractivity contribution in [3.05, 3.63) is 10.0 Å². The van der Waals surface area contributed by atoms with Crippen LogP contribution >= 0.6 is 22.9 Å². The number of hydrogen-bond acceptors (Lipinski definition) is 5. The van der Waals surface area contributed by atoms with E-state index in [9.17, 15) is 4.79 Å². The van der Waals surface area contributed by atoms with E-state index < -0.39 is 0 Å². The number of rotatable bonds is 5. The number of hydrogen-bond donors (Lipinski definition) is 1. The first kappa shape index (κ1) is 18.9. The number of halogens is 1. The Morgan fingerprint density at radius 1 is 1.18 bits per heavy atom. The molecule has 1 saturated heterocycles. The van der Waals surface area contributed by atoms with Crippen LogP contribution in [0.2, 0.25) is 5.15 Å². The van der Waals surface area contributed by atoms with Gasteiger partial charge in [-0.3, -0.25) is 4.79 Å². The molecule has 0 radical (unpaired) electrons. The van der Waals surface area contributed by atoms with Gasteiger partial charge in [-0.2, -0.15) is 5.10 Å². The van der Waals surface area contributed by atoms with Gasteiger partial charge in [0.25, 0.3) is 0 Å². The Kier molecular flexibility index (Phi) is 5.12. The zero-order chi connectivity index (χ0) is 19.1. The van der Waals surface area contributed by atoms with Gasteiger partial charge in [-0.25, -0.2) is 10.4 Å². The van der Waals surface area contributed by atoms with E-state index >= 15 is 0 Å². The summed E-state index contributed by atoms with van der Waals surface area (Å²) in [5.41, 5.74) is 3.01. The Labute approximate surface area is 175 Å². The monoisotopic (exact) mass is 420 g/mol. The van der Waals surface area contributed by atoms with Crippen LogP contribution in [0.15, 0.2) is 5.10 Å². The minimum absolute atomic E-state index is 0.0510. The third-order valence-corrected chi connectivity index (χ3v) is 8.75. The molecule has 152 valence electrons. The molecule has 5 fully saturated rings. The molecule has 6 rings (SSSR count). The topological polar surface area (TPSA) is 57.6 Å². The van der Waals surface area contributed by atoms with Crippen molar-refractivity contribution in [2.24, 2.45) is 28.3 Å². The molecule has 4 aliphatic carbocycles. The lowest BCUT2D eigenvalue weighted by molar-refractivity contribution is -0.129. The molecule has 0 spiro atoms. The Balaban J connectivity index is 1.18. The molecule has 2 heterocycles. The molecule has 1 amide bonds. The lowest BCUT2D eigenvalue weighted by Crippen LogP contribution is -2.47. The van der Waals surface area contributed by atoms with Crippen LogP contribution in [-0.4, -0.2) is 30.2 Å². The molecule has 1 aliphatic heterocycles. The lowest BCUT2D eigenvalue weighted by Gasteiger charge is -2.56. The maximum atomic E-state index is 12.6. The van der Waals surface area contributed by atoms with Gasteiger partial charge in [0.15, 0.2) is 10.3 Å². The van der Waals surface area contributed by atoms with Crippen molar-refractivity contribution in [2.75, 3.05) is 18.0 Å². The first-order valence-electron chi connectivity index (χ1n) is 10.8. The smallest absolute Gasteiger partial charge is 0.240 e. The average Bonchev–Trinajstić information content (AvgIpc) is 3.02. The van der Waals surface area contributed by atoms with E-state index in [0.29, 0.717) is 11.6 Å². The highest BCUT2D eigenvalue weighted by atomic mass is 35.5. The minimum atomic E-state index is 0.0510. The van der Waals surface area contributed by atoms with E-state index in [4.69, 9.17) is 11.6 Å². The largest absolute Gasteiger partial charge is 0.348 e. The molecule has 5 aliphatic rings. The summed E-state index contributed by atoms with van der Waals surface area (Å²) >= 11 is 7.85. The Hall–Kier alpha value is -1.14. The second kappa shape index (κ2) is 7.60. The number of nitrogens with zero attached hydrogens (tertiary/aromatic N) is 3. The van der Waals surface area contributed by atoms with Crippen LogP contribution in [0.1, 0.15) is 69.1 Å². The summed E-state index contributed by atoms with van der Waals surface area (Å²) in [4.78, 5) is 20.2. The molecular formula is C21H29ClN4OS. The predicted molar refractivity (Wildman–Crippen MR) is 114 cm³/mol. The van der Waals surface area contributed by atoms with Gasteiger partial charge >= 0.3 is 0 Å². The zero-order valence-corrected chi connectivity index (χ0v) is 17.9. The van der Waals surface area contributed by atoms with E-state index in [2.05, 4.69) is 20.4 Å². The number of nitrogens with one attached hydrogen (secondary N) is 1. The van der Waals surface area contributed by atoms with Crippen molar-refractivity contribution < 1.29 is 4.79 Å². The summed E-state index contributed by atoms with van der Waals surface area (Å²) < 4.78 is 0. The van der Waals surface area contributed by atoms with Crippen LogP contribution in [0.4, 0.5) is 5.13 Å². The van der Waals surface area contributed by atoms with Crippen LogP contribution in [0.5, 0.6) is 0 Å². The number of carbonyl (C=O) groups excluding carboxylic acids is 1. The molecule has 4 bridgehead atoms.